The lowest BCUT2D eigenvalue weighted by atomic mass is 10.2. The zero-order valence-electron chi connectivity index (χ0n) is 10.9. The maximum absolute atomic E-state index is 12.7. The van der Waals surface area contributed by atoms with Crippen LogP contribution < -0.4 is 9.47 Å². The lowest BCUT2D eigenvalue weighted by molar-refractivity contribution is -0.187. The largest absolute Gasteiger partial charge is 0.477 e. The van der Waals surface area contributed by atoms with E-state index >= 15 is 0 Å². The van der Waals surface area contributed by atoms with Crippen molar-refractivity contribution < 1.29 is 50.1 Å². The second-order valence-electron chi connectivity index (χ2n) is 4.03. The van der Waals surface area contributed by atoms with E-state index in [0.29, 0.717) is 6.07 Å². The van der Waals surface area contributed by atoms with E-state index < -0.39 is 55.0 Å². The SMILES string of the molecule is O=C(O)c1ccc(OCC(F)(F)F)nc1OCC(F)C(F)(F)F. The monoisotopic (exact) mass is 351 g/mol. The Kier molecular flexibility index (Phi) is 5.61. The highest BCUT2D eigenvalue weighted by molar-refractivity contribution is 5.90. The number of carbonyl (C=O) groups is 1. The minimum absolute atomic E-state index is 0.706. The summed E-state index contributed by atoms with van der Waals surface area (Å²) in [5.74, 6) is -3.42. The van der Waals surface area contributed by atoms with Crippen LogP contribution in [0.15, 0.2) is 12.1 Å². The smallest absolute Gasteiger partial charge is 0.423 e. The molecule has 1 aromatic heterocycles. The molecular formula is C11H8F7NO4. The predicted octanol–water partition coefficient (Wildman–Crippen LogP) is 3.00. The maximum Gasteiger partial charge on any atom is 0.423 e. The van der Waals surface area contributed by atoms with Gasteiger partial charge in [-0.3, -0.25) is 0 Å². The van der Waals surface area contributed by atoms with Crippen molar-refractivity contribution in [1.82, 2.24) is 4.98 Å². The molecule has 0 aromatic carbocycles. The maximum atomic E-state index is 12.7. The Hall–Kier alpha value is -2.27. The van der Waals surface area contributed by atoms with Gasteiger partial charge < -0.3 is 14.6 Å². The van der Waals surface area contributed by atoms with Crippen molar-refractivity contribution in [3.8, 4) is 11.8 Å². The number of hydrogen-bond acceptors (Lipinski definition) is 4. The normalized spacial score (nSPS) is 13.5. The van der Waals surface area contributed by atoms with Crippen LogP contribution in [0.3, 0.4) is 0 Å². The van der Waals surface area contributed by atoms with E-state index in [1.54, 1.807) is 0 Å². The Morgan fingerprint density at radius 1 is 1.17 bits per heavy atom. The third-order valence-electron chi connectivity index (χ3n) is 2.17. The third-order valence-corrected chi connectivity index (χ3v) is 2.17. The Bertz CT molecular complexity index is 558. The summed E-state index contributed by atoms with van der Waals surface area (Å²) in [4.78, 5) is 14.0. The van der Waals surface area contributed by atoms with Crippen molar-refractivity contribution in [2.45, 2.75) is 18.5 Å². The molecule has 12 heteroatoms. The second kappa shape index (κ2) is 6.87. The van der Waals surface area contributed by atoms with Gasteiger partial charge in [0, 0.05) is 6.07 Å². The van der Waals surface area contributed by atoms with Crippen molar-refractivity contribution in [3.63, 3.8) is 0 Å². The molecule has 1 unspecified atom stereocenters. The van der Waals surface area contributed by atoms with E-state index in [-0.39, 0.29) is 0 Å². The van der Waals surface area contributed by atoms with E-state index in [9.17, 15) is 35.5 Å². The molecule has 0 bridgehead atoms. The van der Waals surface area contributed by atoms with Crippen LogP contribution >= 0.6 is 0 Å². The first-order chi connectivity index (χ1) is 10.4. The van der Waals surface area contributed by atoms with Crippen LogP contribution in [-0.4, -0.2) is 47.8 Å². The number of aromatic nitrogens is 1. The molecular weight excluding hydrogens is 343 g/mol. The minimum Gasteiger partial charge on any atom is -0.477 e. The molecule has 0 spiro atoms. The lowest BCUT2D eigenvalue weighted by Crippen LogP contribution is -2.30. The number of ether oxygens (including phenoxy) is 2. The van der Waals surface area contributed by atoms with Gasteiger partial charge >= 0.3 is 18.3 Å². The van der Waals surface area contributed by atoms with Crippen molar-refractivity contribution in [1.29, 1.82) is 0 Å². The molecule has 5 nitrogen and oxygen atoms in total. The lowest BCUT2D eigenvalue weighted by Gasteiger charge is -2.15. The van der Waals surface area contributed by atoms with Gasteiger partial charge in [0.15, 0.2) is 6.61 Å². The molecule has 0 radical (unpaired) electrons. The molecule has 23 heavy (non-hydrogen) atoms. The zero-order valence-corrected chi connectivity index (χ0v) is 10.9. The predicted molar refractivity (Wildman–Crippen MR) is 59.2 cm³/mol. The Morgan fingerprint density at radius 2 is 1.78 bits per heavy atom. The van der Waals surface area contributed by atoms with E-state index in [4.69, 9.17) is 5.11 Å². The summed E-state index contributed by atoms with van der Waals surface area (Å²) in [6.45, 7) is -3.38. The number of nitrogens with zero attached hydrogens (tertiary/aromatic N) is 1. The van der Waals surface area contributed by atoms with E-state index in [1.165, 1.54) is 0 Å². The van der Waals surface area contributed by atoms with Crippen molar-refractivity contribution in [3.05, 3.63) is 17.7 Å². The fourth-order valence-corrected chi connectivity index (χ4v) is 1.18. The highest BCUT2D eigenvalue weighted by Crippen LogP contribution is 2.26. The molecule has 0 fully saturated rings. The first kappa shape index (κ1) is 18.8. The minimum atomic E-state index is -5.24. The van der Waals surface area contributed by atoms with Crippen LogP contribution in [0.2, 0.25) is 0 Å². The average molecular weight is 351 g/mol. The van der Waals surface area contributed by atoms with E-state index in [1.807, 2.05) is 0 Å². The number of aromatic carboxylic acids is 1. The fourth-order valence-electron chi connectivity index (χ4n) is 1.18. The van der Waals surface area contributed by atoms with Gasteiger partial charge in [0.2, 0.25) is 17.9 Å². The molecule has 130 valence electrons. The molecule has 0 aliphatic rings. The molecule has 0 aliphatic heterocycles. The standard InChI is InChI=1S/C11H8F7NO4/c12-6(11(16,17)18)3-22-8-5(9(20)21)1-2-7(19-8)23-4-10(13,14)15/h1-2,6H,3-4H2,(H,20,21). The van der Waals surface area contributed by atoms with Gasteiger partial charge in [-0.1, -0.05) is 0 Å². The van der Waals surface area contributed by atoms with E-state index in [2.05, 4.69) is 14.5 Å². The molecule has 0 aliphatic carbocycles. The number of alkyl halides is 7. The summed E-state index contributed by atoms with van der Waals surface area (Å²) < 4.78 is 93.2. The quantitative estimate of drug-likeness (QED) is 0.798. The highest BCUT2D eigenvalue weighted by Gasteiger charge is 2.41. The fraction of sp³-hybridized carbons (Fsp3) is 0.455. The van der Waals surface area contributed by atoms with Crippen molar-refractivity contribution in [2.24, 2.45) is 0 Å². The zero-order chi connectivity index (χ0) is 17.8. The van der Waals surface area contributed by atoms with Gasteiger partial charge in [-0.05, 0) is 6.07 Å². The van der Waals surface area contributed by atoms with Gasteiger partial charge in [-0.15, -0.1) is 0 Å². The van der Waals surface area contributed by atoms with Crippen LogP contribution in [0.4, 0.5) is 30.7 Å². The van der Waals surface area contributed by atoms with Gasteiger partial charge in [0.05, 0.1) is 0 Å². The van der Waals surface area contributed by atoms with Crippen LogP contribution in [-0.2, 0) is 0 Å². The molecule has 1 heterocycles. The summed E-state index contributed by atoms with van der Waals surface area (Å²) >= 11 is 0. The third kappa shape index (κ3) is 6.16. The number of carboxylic acid groups (broad SMARTS) is 1. The number of halogens is 7. The molecule has 1 aromatic rings. The van der Waals surface area contributed by atoms with Gasteiger partial charge in [-0.2, -0.15) is 31.3 Å². The van der Waals surface area contributed by atoms with Crippen molar-refractivity contribution >= 4 is 5.97 Å². The second-order valence-corrected chi connectivity index (χ2v) is 4.03. The first-order valence-corrected chi connectivity index (χ1v) is 5.67. The van der Waals surface area contributed by atoms with E-state index in [0.717, 1.165) is 6.07 Å². The molecule has 0 amide bonds. The van der Waals surface area contributed by atoms with Crippen LogP contribution in [0, 0.1) is 0 Å². The molecule has 1 rings (SSSR count). The summed E-state index contributed by atoms with van der Waals surface area (Å²) in [6.07, 6.45) is -13.4. The van der Waals surface area contributed by atoms with Crippen LogP contribution in [0.25, 0.3) is 0 Å². The Labute approximate surface area is 123 Å². The Balaban J connectivity index is 2.91. The average Bonchev–Trinajstić information content (AvgIpc) is 2.40. The van der Waals surface area contributed by atoms with Gasteiger partial charge in [0.1, 0.15) is 12.2 Å². The number of pyridine rings is 1. The number of hydrogen-bond donors (Lipinski definition) is 1. The molecule has 1 atom stereocenters. The summed E-state index contributed by atoms with van der Waals surface area (Å²) in [6, 6.07) is 1.45. The summed E-state index contributed by atoms with van der Waals surface area (Å²) in [7, 11) is 0. The first-order valence-electron chi connectivity index (χ1n) is 5.67. The molecule has 0 saturated heterocycles. The summed E-state index contributed by atoms with van der Waals surface area (Å²) in [5, 5.41) is 8.78. The van der Waals surface area contributed by atoms with Crippen LogP contribution in [0.1, 0.15) is 10.4 Å². The topological polar surface area (TPSA) is 68.7 Å². The van der Waals surface area contributed by atoms with Gasteiger partial charge in [0.25, 0.3) is 0 Å². The highest BCUT2D eigenvalue weighted by atomic mass is 19.4. The number of rotatable bonds is 6. The van der Waals surface area contributed by atoms with Crippen LogP contribution in [0.5, 0.6) is 11.8 Å². The molecule has 1 N–H and O–H groups in total. The van der Waals surface area contributed by atoms with Gasteiger partial charge in [-0.25, -0.2) is 9.18 Å². The number of carboxylic acids is 1. The summed E-state index contributed by atoms with van der Waals surface area (Å²) in [5.41, 5.74) is -0.765. The Morgan fingerprint density at radius 3 is 2.26 bits per heavy atom. The molecule has 0 saturated carbocycles. The van der Waals surface area contributed by atoms with Crippen molar-refractivity contribution in [2.75, 3.05) is 13.2 Å².